The highest BCUT2D eigenvalue weighted by Crippen LogP contribution is 2.30. The van der Waals surface area contributed by atoms with Gasteiger partial charge in [0, 0.05) is 31.2 Å². The van der Waals surface area contributed by atoms with E-state index in [0.29, 0.717) is 6.54 Å². The molecule has 0 saturated carbocycles. The Balaban J connectivity index is 1.78. The summed E-state index contributed by atoms with van der Waals surface area (Å²) in [6.07, 6.45) is -4.84. The number of halogens is 3. The summed E-state index contributed by atoms with van der Waals surface area (Å²) in [5, 5.41) is 6.11. The molecule has 5 heteroatoms. The van der Waals surface area contributed by atoms with Gasteiger partial charge in [0.15, 0.2) is 0 Å². The molecule has 1 aliphatic rings. The summed E-state index contributed by atoms with van der Waals surface area (Å²) in [5.74, 6) is 0.263. The smallest absolute Gasteiger partial charge is 0.384 e. The van der Waals surface area contributed by atoms with Crippen molar-refractivity contribution in [3.8, 4) is 0 Å². The molecular weight excluding hydrogens is 229 g/mol. The molecule has 1 heterocycles. The summed E-state index contributed by atoms with van der Waals surface area (Å²) in [6, 6.07) is 7.91. The van der Waals surface area contributed by atoms with E-state index in [1.54, 1.807) is 0 Å². The number of hydrogen-bond donors (Lipinski definition) is 2. The predicted octanol–water partition coefficient (Wildman–Crippen LogP) is 2.74. The van der Waals surface area contributed by atoms with Gasteiger partial charge in [0.2, 0.25) is 0 Å². The maximum Gasteiger partial charge on any atom is 0.390 e. The molecule has 0 aromatic heterocycles. The van der Waals surface area contributed by atoms with Gasteiger partial charge in [0.05, 0.1) is 6.42 Å². The Labute approximate surface area is 98.2 Å². The topological polar surface area (TPSA) is 24.1 Å². The van der Waals surface area contributed by atoms with Crippen LogP contribution in [0.25, 0.3) is 0 Å². The first kappa shape index (κ1) is 12.2. The Morgan fingerprint density at radius 1 is 1.29 bits per heavy atom. The minimum Gasteiger partial charge on any atom is -0.384 e. The van der Waals surface area contributed by atoms with Crippen molar-refractivity contribution >= 4 is 5.69 Å². The van der Waals surface area contributed by atoms with Gasteiger partial charge in [-0.1, -0.05) is 18.2 Å². The van der Waals surface area contributed by atoms with E-state index in [-0.39, 0.29) is 12.5 Å². The van der Waals surface area contributed by atoms with Crippen molar-refractivity contribution in [3.63, 3.8) is 0 Å². The molecule has 0 aliphatic carbocycles. The summed E-state index contributed by atoms with van der Waals surface area (Å²) in [6.45, 7) is 1.36. The number of benzene rings is 1. The van der Waals surface area contributed by atoms with Crippen molar-refractivity contribution in [1.29, 1.82) is 0 Å². The lowest BCUT2D eigenvalue weighted by atomic mass is 10.0. The number of nitrogens with one attached hydrogen (secondary N) is 2. The van der Waals surface area contributed by atoms with E-state index in [9.17, 15) is 13.2 Å². The molecule has 0 amide bonds. The van der Waals surface area contributed by atoms with E-state index in [1.165, 1.54) is 5.56 Å². The van der Waals surface area contributed by atoms with Crippen molar-refractivity contribution in [2.24, 2.45) is 0 Å². The minimum absolute atomic E-state index is 0.0117. The van der Waals surface area contributed by atoms with Gasteiger partial charge < -0.3 is 10.6 Å². The maximum atomic E-state index is 11.9. The predicted molar refractivity (Wildman–Crippen MR) is 61.2 cm³/mol. The molecule has 2 N–H and O–H groups in total. The molecule has 0 fully saturated rings. The second-order valence-corrected chi connectivity index (χ2v) is 4.23. The molecular formula is C12H15F3N2. The highest BCUT2D eigenvalue weighted by molar-refractivity contribution is 5.57. The van der Waals surface area contributed by atoms with Crippen LogP contribution in [-0.2, 0) is 0 Å². The van der Waals surface area contributed by atoms with Gasteiger partial charge in [0.1, 0.15) is 0 Å². The molecule has 1 aromatic carbocycles. The lowest BCUT2D eigenvalue weighted by molar-refractivity contribution is -0.133. The van der Waals surface area contributed by atoms with Crippen LogP contribution in [-0.4, -0.2) is 25.8 Å². The van der Waals surface area contributed by atoms with Gasteiger partial charge in [-0.25, -0.2) is 0 Å². The Morgan fingerprint density at radius 3 is 2.82 bits per heavy atom. The Morgan fingerprint density at radius 2 is 2.06 bits per heavy atom. The van der Waals surface area contributed by atoms with Crippen molar-refractivity contribution in [2.45, 2.75) is 18.5 Å². The van der Waals surface area contributed by atoms with Crippen molar-refractivity contribution in [2.75, 3.05) is 25.0 Å². The van der Waals surface area contributed by atoms with Crippen molar-refractivity contribution in [1.82, 2.24) is 5.32 Å². The number of anilines is 1. The van der Waals surface area contributed by atoms with E-state index in [4.69, 9.17) is 0 Å². The lowest BCUT2D eigenvalue weighted by Gasteiger charge is -2.12. The number of hydrogen-bond acceptors (Lipinski definition) is 2. The zero-order valence-corrected chi connectivity index (χ0v) is 9.35. The van der Waals surface area contributed by atoms with Gasteiger partial charge in [0.25, 0.3) is 0 Å². The summed E-state index contributed by atoms with van der Waals surface area (Å²) in [4.78, 5) is 0. The van der Waals surface area contributed by atoms with Crippen LogP contribution in [0.1, 0.15) is 17.9 Å². The van der Waals surface area contributed by atoms with Gasteiger partial charge in [-0.2, -0.15) is 13.2 Å². The highest BCUT2D eigenvalue weighted by atomic mass is 19.4. The van der Waals surface area contributed by atoms with E-state index in [1.807, 2.05) is 24.3 Å². The summed E-state index contributed by atoms with van der Waals surface area (Å²) in [5.41, 5.74) is 2.28. The van der Waals surface area contributed by atoms with Crippen LogP contribution in [0.15, 0.2) is 24.3 Å². The van der Waals surface area contributed by atoms with Crippen molar-refractivity contribution in [3.05, 3.63) is 29.8 Å². The lowest BCUT2D eigenvalue weighted by Crippen LogP contribution is -2.26. The first-order valence-corrected chi connectivity index (χ1v) is 5.66. The molecule has 0 saturated heterocycles. The van der Waals surface area contributed by atoms with Crippen LogP contribution < -0.4 is 10.6 Å². The molecule has 94 valence electrons. The van der Waals surface area contributed by atoms with Gasteiger partial charge in [-0.05, 0) is 11.6 Å². The summed E-state index contributed by atoms with van der Waals surface area (Å²) < 4.78 is 35.8. The van der Waals surface area contributed by atoms with Crippen LogP contribution in [0.4, 0.5) is 18.9 Å². The summed E-state index contributed by atoms with van der Waals surface area (Å²) in [7, 11) is 0. The molecule has 0 radical (unpaired) electrons. The fourth-order valence-electron chi connectivity index (χ4n) is 2.05. The normalized spacial score (nSPS) is 18.9. The molecule has 0 bridgehead atoms. The molecule has 1 atom stereocenters. The molecule has 1 unspecified atom stereocenters. The Bertz CT molecular complexity index is 376. The van der Waals surface area contributed by atoms with Crippen LogP contribution in [0.2, 0.25) is 0 Å². The molecule has 17 heavy (non-hydrogen) atoms. The quantitative estimate of drug-likeness (QED) is 0.796. The number of fused-ring (bicyclic) bond motifs is 1. The average Bonchev–Trinajstić information content (AvgIpc) is 2.67. The highest BCUT2D eigenvalue weighted by Gasteiger charge is 2.26. The zero-order valence-electron chi connectivity index (χ0n) is 9.35. The van der Waals surface area contributed by atoms with Gasteiger partial charge in [-0.3, -0.25) is 0 Å². The molecule has 0 spiro atoms. The first-order chi connectivity index (χ1) is 8.06. The molecule has 1 aromatic rings. The zero-order chi connectivity index (χ0) is 12.3. The number of rotatable bonds is 4. The summed E-state index contributed by atoms with van der Waals surface area (Å²) >= 11 is 0. The van der Waals surface area contributed by atoms with Crippen molar-refractivity contribution < 1.29 is 13.2 Å². The third-order valence-electron chi connectivity index (χ3n) is 2.92. The fourth-order valence-corrected chi connectivity index (χ4v) is 2.05. The number of para-hydroxylation sites is 1. The van der Waals surface area contributed by atoms with Crippen LogP contribution in [0.5, 0.6) is 0 Å². The molecule has 1 aliphatic heterocycles. The van der Waals surface area contributed by atoms with E-state index in [0.717, 1.165) is 12.2 Å². The second-order valence-electron chi connectivity index (χ2n) is 4.23. The monoisotopic (exact) mass is 244 g/mol. The third-order valence-corrected chi connectivity index (χ3v) is 2.92. The molecule has 2 nitrogen and oxygen atoms in total. The van der Waals surface area contributed by atoms with E-state index >= 15 is 0 Å². The van der Waals surface area contributed by atoms with E-state index in [2.05, 4.69) is 10.6 Å². The first-order valence-electron chi connectivity index (χ1n) is 5.66. The Hall–Kier alpha value is -1.23. The standard InChI is InChI=1S/C12H15F3N2/c13-12(14,15)5-6-16-7-9-8-17-11-4-2-1-3-10(9)11/h1-4,9,16-17H,5-8H2. The van der Waals surface area contributed by atoms with E-state index < -0.39 is 12.6 Å². The second kappa shape index (κ2) is 4.96. The van der Waals surface area contributed by atoms with Crippen LogP contribution >= 0.6 is 0 Å². The maximum absolute atomic E-state index is 11.9. The SMILES string of the molecule is FC(F)(F)CCNCC1CNc2ccccc21. The fraction of sp³-hybridized carbons (Fsp3) is 0.500. The van der Waals surface area contributed by atoms with Crippen LogP contribution in [0.3, 0.4) is 0 Å². The third kappa shape index (κ3) is 3.36. The van der Waals surface area contributed by atoms with Crippen LogP contribution in [0, 0.1) is 0 Å². The van der Waals surface area contributed by atoms with Gasteiger partial charge >= 0.3 is 6.18 Å². The molecule has 2 rings (SSSR count). The van der Waals surface area contributed by atoms with Gasteiger partial charge in [-0.15, -0.1) is 0 Å². The average molecular weight is 244 g/mol. The Kier molecular flexibility index (Phi) is 3.57. The largest absolute Gasteiger partial charge is 0.390 e. The number of alkyl halides is 3. The minimum atomic E-state index is -4.07.